The SMILES string of the molecule is CCN1CCN(c2ccc(Nc3ccc([N+](=O)[O-])cn3)cc2C)CC1. The van der Waals surface area contributed by atoms with E-state index in [2.05, 4.69) is 46.1 Å². The Balaban J connectivity index is 1.68. The van der Waals surface area contributed by atoms with E-state index in [-0.39, 0.29) is 5.69 Å². The highest BCUT2D eigenvalue weighted by Gasteiger charge is 2.17. The molecule has 132 valence electrons. The highest BCUT2D eigenvalue weighted by molar-refractivity contribution is 5.65. The van der Waals surface area contributed by atoms with Gasteiger partial charge in [-0.3, -0.25) is 10.1 Å². The van der Waals surface area contributed by atoms with Crippen LogP contribution >= 0.6 is 0 Å². The molecule has 7 nitrogen and oxygen atoms in total. The maximum atomic E-state index is 10.7. The van der Waals surface area contributed by atoms with Gasteiger partial charge in [0, 0.05) is 43.6 Å². The van der Waals surface area contributed by atoms with E-state index in [0.717, 1.165) is 38.4 Å². The second-order valence-electron chi connectivity index (χ2n) is 6.21. The summed E-state index contributed by atoms with van der Waals surface area (Å²) < 4.78 is 0. The van der Waals surface area contributed by atoms with Crippen LogP contribution in [0.3, 0.4) is 0 Å². The van der Waals surface area contributed by atoms with E-state index in [9.17, 15) is 10.1 Å². The molecule has 0 bridgehead atoms. The van der Waals surface area contributed by atoms with Crippen molar-refractivity contribution in [3.05, 3.63) is 52.2 Å². The van der Waals surface area contributed by atoms with E-state index in [1.54, 1.807) is 6.07 Å². The highest BCUT2D eigenvalue weighted by Crippen LogP contribution is 2.26. The Hall–Kier alpha value is -2.67. The molecule has 1 aliphatic rings. The molecule has 3 rings (SSSR count). The Bertz CT molecular complexity index is 740. The van der Waals surface area contributed by atoms with Crippen LogP contribution in [-0.2, 0) is 0 Å². The minimum Gasteiger partial charge on any atom is -0.369 e. The van der Waals surface area contributed by atoms with E-state index >= 15 is 0 Å². The molecule has 1 N–H and O–H groups in total. The monoisotopic (exact) mass is 341 g/mol. The van der Waals surface area contributed by atoms with Crippen molar-refractivity contribution in [2.45, 2.75) is 13.8 Å². The summed E-state index contributed by atoms with van der Waals surface area (Å²) in [5.41, 5.74) is 3.38. The molecule has 1 aromatic carbocycles. The quantitative estimate of drug-likeness (QED) is 0.665. The Morgan fingerprint density at radius 2 is 1.96 bits per heavy atom. The normalized spacial score (nSPS) is 15.2. The zero-order valence-electron chi connectivity index (χ0n) is 14.6. The maximum Gasteiger partial charge on any atom is 0.287 e. The third-order valence-corrected chi connectivity index (χ3v) is 4.59. The lowest BCUT2D eigenvalue weighted by Gasteiger charge is -2.36. The van der Waals surface area contributed by atoms with E-state index < -0.39 is 4.92 Å². The minimum absolute atomic E-state index is 0.0108. The summed E-state index contributed by atoms with van der Waals surface area (Å²) in [6.45, 7) is 9.71. The van der Waals surface area contributed by atoms with Crippen molar-refractivity contribution in [2.75, 3.05) is 42.9 Å². The molecule has 1 fully saturated rings. The van der Waals surface area contributed by atoms with Gasteiger partial charge in [-0.05, 0) is 43.3 Å². The van der Waals surface area contributed by atoms with Crippen LogP contribution in [-0.4, -0.2) is 47.5 Å². The Kier molecular flexibility index (Phi) is 5.14. The van der Waals surface area contributed by atoms with Crippen molar-refractivity contribution in [1.82, 2.24) is 9.88 Å². The first kappa shape index (κ1) is 17.2. The van der Waals surface area contributed by atoms with Crippen LogP contribution in [0.2, 0.25) is 0 Å². The third-order valence-electron chi connectivity index (χ3n) is 4.59. The summed E-state index contributed by atoms with van der Waals surface area (Å²) in [4.78, 5) is 19.2. The predicted octanol–water partition coefficient (Wildman–Crippen LogP) is 3.18. The van der Waals surface area contributed by atoms with Crippen LogP contribution in [0.25, 0.3) is 0 Å². The number of hydrogen-bond acceptors (Lipinski definition) is 6. The topological polar surface area (TPSA) is 74.5 Å². The Morgan fingerprint density at radius 3 is 2.52 bits per heavy atom. The van der Waals surface area contributed by atoms with Crippen LogP contribution in [0.15, 0.2) is 36.5 Å². The van der Waals surface area contributed by atoms with Gasteiger partial charge in [0.25, 0.3) is 5.69 Å². The molecule has 25 heavy (non-hydrogen) atoms. The molecule has 1 saturated heterocycles. The summed E-state index contributed by atoms with van der Waals surface area (Å²) in [6, 6.07) is 9.31. The summed E-state index contributed by atoms with van der Waals surface area (Å²) in [6.07, 6.45) is 1.26. The number of likely N-dealkylation sites (N-methyl/N-ethyl adjacent to an activating group) is 1. The second-order valence-corrected chi connectivity index (χ2v) is 6.21. The van der Waals surface area contributed by atoms with Gasteiger partial charge in [-0.25, -0.2) is 4.98 Å². The number of benzene rings is 1. The van der Waals surface area contributed by atoms with Crippen LogP contribution in [0, 0.1) is 17.0 Å². The fraction of sp³-hybridized carbons (Fsp3) is 0.389. The lowest BCUT2D eigenvalue weighted by atomic mass is 10.1. The van der Waals surface area contributed by atoms with Crippen molar-refractivity contribution < 1.29 is 4.92 Å². The molecule has 2 aromatic rings. The van der Waals surface area contributed by atoms with Gasteiger partial charge >= 0.3 is 0 Å². The molecule has 2 heterocycles. The van der Waals surface area contributed by atoms with Gasteiger partial charge in [-0.15, -0.1) is 0 Å². The molecule has 0 spiro atoms. The fourth-order valence-corrected chi connectivity index (χ4v) is 3.11. The van der Waals surface area contributed by atoms with Crippen LogP contribution in [0.5, 0.6) is 0 Å². The summed E-state index contributed by atoms with van der Waals surface area (Å²) in [7, 11) is 0. The van der Waals surface area contributed by atoms with Gasteiger partial charge in [0.1, 0.15) is 12.0 Å². The Morgan fingerprint density at radius 1 is 1.20 bits per heavy atom. The van der Waals surface area contributed by atoms with Crippen LogP contribution in [0.4, 0.5) is 22.9 Å². The third kappa shape index (κ3) is 4.06. The highest BCUT2D eigenvalue weighted by atomic mass is 16.6. The number of rotatable bonds is 5. The smallest absolute Gasteiger partial charge is 0.287 e. The number of anilines is 3. The molecule has 0 aliphatic carbocycles. The molecule has 0 atom stereocenters. The van der Waals surface area contributed by atoms with Gasteiger partial charge < -0.3 is 15.1 Å². The number of nitrogens with one attached hydrogen (secondary N) is 1. The lowest BCUT2D eigenvalue weighted by Crippen LogP contribution is -2.46. The summed E-state index contributed by atoms with van der Waals surface area (Å²) in [5.74, 6) is 0.592. The van der Waals surface area contributed by atoms with Gasteiger partial charge in [0.05, 0.1) is 4.92 Å². The van der Waals surface area contributed by atoms with Gasteiger partial charge in [-0.2, -0.15) is 0 Å². The number of aromatic nitrogens is 1. The van der Waals surface area contributed by atoms with E-state index in [1.807, 2.05) is 6.07 Å². The number of aryl methyl sites for hydroxylation is 1. The molecule has 1 aromatic heterocycles. The van der Waals surface area contributed by atoms with Crippen molar-refractivity contribution in [3.8, 4) is 0 Å². The molecule has 0 amide bonds. The maximum absolute atomic E-state index is 10.7. The minimum atomic E-state index is -0.450. The van der Waals surface area contributed by atoms with Crippen LogP contribution in [0.1, 0.15) is 12.5 Å². The fourth-order valence-electron chi connectivity index (χ4n) is 3.11. The van der Waals surface area contributed by atoms with E-state index in [0.29, 0.717) is 5.82 Å². The van der Waals surface area contributed by atoms with E-state index in [4.69, 9.17) is 0 Å². The molecular formula is C18H23N5O2. The first-order valence-corrected chi connectivity index (χ1v) is 8.52. The first-order valence-electron chi connectivity index (χ1n) is 8.52. The second kappa shape index (κ2) is 7.48. The zero-order valence-corrected chi connectivity index (χ0v) is 14.6. The molecule has 0 unspecified atom stereocenters. The number of nitrogens with zero attached hydrogens (tertiary/aromatic N) is 4. The molecular weight excluding hydrogens is 318 g/mol. The van der Waals surface area contributed by atoms with Crippen LogP contribution < -0.4 is 10.2 Å². The van der Waals surface area contributed by atoms with Crippen molar-refractivity contribution in [2.24, 2.45) is 0 Å². The van der Waals surface area contributed by atoms with Gasteiger partial charge in [0.2, 0.25) is 0 Å². The van der Waals surface area contributed by atoms with Crippen molar-refractivity contribution in [1.29, 1.82) is 0 Å². The largest absolute Gasteiger partial charge is 0.369 e. The zero-order chi connectivity index (χ0) is 17.8. The number of piperazine rings is 1. The average molecular weight is 341 g/mol. The summed E-state index contributed by atoms with van der Waals surface area (Å²) >= 11 is 0. The first-order chi connectivity index (χ1) is 12.1. The Labute approximate surface area is 147 Å². The molecule has 0 radical (unpaired) electrons. The van der Waals surface area contributed by atoms with Gasteiger partial charge in [0.15, 0.2) is 0 Å². The van der Waals surface area contributed by atoms with E-state index in [1.165, 1.54) is 23.5 Å². The standard InChI is InChI=1S/C18H23N5O2/c1-3-21-8-10-22(11-9-21)17-6-4-15(12-14(17)2)20-18-7-5-16(13-19-18)23(24)25/h4-7,12-13H,3,8-11H2,1-2H3,(H,19,20). The number of pyridine rings is 1. The number of hydrogen-bond donors (Lipinski definition) is 1. The lowest BCUT2D eigenvalue weighted by molar-refractivity contribution is -0.385. The average Bonchev–Trinajstić information content (AvgIpc) is 2.62. The molecule has 1 aliphatic heterocycles. The molecule has 7 heteroatoms. The molecule has 0 saturated carbocycles. The van der Waals surface area contributed by atoms with Crippen molar-refractivity contribution >= 4 is 22.9 Å². The number of nitro groups is 1. The van der Waals surface area contributed by atoms with Gasteiger partial charge in [-0.1, -0.05) is 6.92 Å². The summed E-state index contributed by atoms with van der Waals surface area (Å²) in [5, 5.41) is 13.9. The van der Waals surface area contributed by atoms with Crippen molar-refractivity contribution in [3.63, 3.8) is 0 Å². The predicted molar refractivity (Wildman–Crippen MR) is 99.7 cm³/mol.